The van der Waals surface area contributed by atoms with Gasteiger partial charge in [-0.3, -0.25) is 9.59 Å². The van der Waals surface area contributed by atoms with Crippen LogP contribution in [-0.4, -0.2) is 68.8 Å². The summed E-state index contributed by atoms with van der Waals surface area (Å²) in [5.74, 6) is -0.309. The Morgan fingerprint density at radius 3 is 2.38 bits per heavy atom. The van der Waals surface area contributed by atoms with E-state index in [1.165, 1.54) is 22.5 Å². The molecule has 0 bridgehead atoms. The molecule has 0 aromatic heterocycles. The topological polar surface area (TPSA) is 96.0 Å². The molecule has 8 nitrogen and oxygen atoms in total. The van der Waals surface area contributed by atoms with Crippen LogP contribution in [-0.2, 0) is 14.8 Å². The zero-order valence-electron chi connectivity index (χ0n) is 19.0. The van der Waals surface area contributed by atoms with Gasteiger partial charge in [-0.05, 0) is 49.1 Å². The highest BCUT2D eigenvalue weighted by molar-refractivity contribution is 7.89. The summed E-state index contributed by atoms with van der Waals surface area (Å²) in [6.07, 6.45) is 1.60. The number of rotatable bonds is 5. The molecule has 0 aliphatic carbocycles. The van der Waals surface area contributed by atoms with Crippen LogP contribution < -0.4 is 5.32 Å². The number of sulfonamides is 1. The number of para-hydroxylation sites is 1. The molecule has 1 N–H and O–H groups in total. The molecule has 2 saturated heterocycles. The monoisotopic (exact) mass is 505 g/mol. The van der Waals surface area contributed by atoms with E-state index in [-0.39, 0.29) is 21.4 Å². The maximum atomic E-state index is 13.1. The Kier molecular flexibility index (Phi) is 7.57. The minimum absolute atomic E-state index is 0.0225. The Morgan fingerprint density at radius 1 is 1.00 bits per heavy atom. The molecular formula is C24H28ClN3O5S. The number of hydrogen-bond donors (Lipinski definition) is 1. The van der Waals surface area contributed by atoms with E-state index in [0.717, 1.165) is 12.8 Å². The summed E-state index contributed by atoms with van der Waals surface area (Å²) in [6.45, 7) is 4.89. The summed E-state index contributed by atoms with van der Waals surface area (Å²) in [5.41, 5.74) is 0.708. The van der Waals surface area contributed by atoms with Crippen LogP contribution in [0.2, 0.25) is 5.02 Å². The van der Waals surface area contributed by atoms with Gasteiger partial charge in [-0.1, -0.05) is 30.7 Å². The minimum Gasteiger partial charge on any atom is -0.378 e. The summed E-state index contributed by atoms with van der Waals surface area (Å²) in [5, 5.41) is 2.87. The number of benzene rings is 2. The van der Waals surface area contributed by atoms with Crippen molar-refractivity contribution >= 4 is 39.1 Å². The molecular weight excluding hydrogens is 478 g/mol. The molecule has 2 aliphatic heterocycles. The number of anilines is 1. The molecule has 2 heterocycles. The first-order valence-electron chi connectivity index (χ1n) is 11.3. The third-order valence-electron chi connectivity index (χ3n) is 6.27. The highest BCUT2D eigenvalue weighted by Crippen LogP contribution is 2.28. The van der Waals surface area contributed by atoms with Crippen LogP contribution in [0.1, 0.15) is 40.5 Å². The lowest BCUT2D eigenvalue weighted by Crippen LogP contribution is -2.41. The summed E-state index contributed by atoms with van der Waals surface area (Å²) in [4.78, 5) is 27.8. The Bertz CT molecular complexity index is 1170. The van der Waals surface area contributed by atoms with Gasteiger partial charge in [0.15, 0.2) is 0 Å². The van der Waals surface area contributed by atoms with Gasteiger partial charge in [-0.25, -0.2) is 8.42 Å². The maximum Gasteiger partial charge on any atom is 0.257 e. The minimum atomic E-state index is -3.75. The number of nitrogens with zero attached hydrogens (tertiary/aromatic N) is 2. The van der Waals surface area contributed by atoms with Crippen LogP contribution in [0.3, 0.4) is 0 Å². The van der Waals surface area contributed by atoms with Crippen molar-refractivity contribution in [2.75, 3.05) is 44.7 Å². The summed E-state index contributed by atoms with van der Waals surface area (Å²) in [7, 11) is -3.75. The van der Waals surface area contributed by atoms with Crippen molar-refractivity contribution in [3.63, 3.8) is 0 Å². The quantitative estimate of drug-likeness (QED) is 0.671. The highest BCUT2D eigenvalue weighted by atomic mass is 35.5. The molecule has 0 unspecified atom stereocenters. The molecule has 4 rings (SSSR count). The lowest BCUT2D eigenvalue weighted by molar-refractivity contribution is 0.0303. The van der Waals surface area contributed by atoms with E-state index in [9.17, 15) is 18.0 Å². The molecule has 2 amide bonds. The lowest BCUT2D eigenvalue weighted by Gasteiger charge is -2.29. The lowest BCUT2D eigenvalue weighted by atomic mass is 10.0. The van der Waals surface area contributed by atoms with Gasteiger partial charge in [0.05, 0.1) is 39.9 Å². The van der Waals surface area contributed by atoms with E-state index in [1.807, 2.05) is 0 Å². The van der Waals surface area contributed by atoms with E-state index in [1.54, 1.807) is 29.2 Å². The average Bonchev–Trinajstić information content (AvgIpc) is 2.85. The number of piperidine rings is 1. The van der Waals surface area contributed by atoms with Crippen LogP contribution in [0.15, 0.2) is 47.4 Å². The molecule has 34 heavy (non-hydrogen) atoms. The smallest absolute Gasteiger partial charge is 0.257 e. The van der Waals surface area contributed by atoms with Crippen molar-refractivity contribution in [3.8, 4) is 0 Å². The average molecular weight is 506 g/mol. The van der Waals surface area contributed by atoms with Crippen molar-refractivity contribution in [1.82, 2.24) is 9.21 Å². The first kappa shape index (κ1) is 24.7. The van der Waals surface area contributed by atoms with Gasteiger partial charge >= 0.3 is 0 Å². The summed E-state index contributed by atoms with van der Waals surface area (Å²) < 4.78 is 33.1. The van der Waals surface area contributed by atoms with Crippen LogP contribution in [0.5, 0.6) is 0 Å². The maximum absolute atomic E-state index is 13.1. The fraction of sp³-hybridized carbons (Fsp3) is 0.417. The van der Waals surface area contributed by atoms with Crippen molar-refractivity contribution in [2.24, 2.45) is 5.92 Å². The van der Waals surface area contributed by atoms with Gasteiger partial charge in [-0.2, -0.15) is 4.31 Å². The third kappa shape index (κ3) is 5.27. The first-order chi connectivity index (χ1) is 16.3. The molecule has 0 atom stereocenters. The molecule has 0 saturated carbocycles. The van der Waals surface area contributed by atoms with Crippen molar-refractivity contribution < 1.29 is 22.7 Å². The number of hydrogen-bond acceptors (Lipinski definition) is 5. The summed E-state index contributed by atoms with van der Waals surface area (Å²) in [6, 6.07) is 10.9. The van der Waals surface area contributed by atoms with E-state index < -0.39 is 15.9 Å². The van der Waals surface area contributed by atoms with Crippen molar-refractivity contribution in [2.45, 2.75) is 24.7 Å². The molecule has 182 valence electrons. The number of carbonyl (C=O) groups is 2. The van der Waals surface area contributed by atoms with Gasteiger partial charge in [0.2, 0.25) is 10.0 Å². The first-order valence-corrected chi connectivity index (χ1v) is 13.2. The van der Waals surface area contributed by atoms with Crippen LogP contribution in [0.4, 0.5) is 5.69 Å². The second kappa shape index (κ2) is 10.4. The van der Waals surface area contributed by atoms with Gasteiger partial charge < -0.3 is 15.0 Å². The largest absolute Gasteiger partial charge is 0.378 e. The van der Waals surface area contributed by atoms with Crippen LogP contribution >= 0.6 is 11.6 Å². The van der Waals surface area contributed by atoms with Crippen molar-refractivity contribution in [3.05, 3.63) is 58.6 Å². The second-order valence-corrected chi connectivity index (χ2v) is 11.0. The van der Waals surface area contributed by atoms with Crippen LogP contribution in [0.25, 0.3) is 0 Å². The van der Waals surface area contributed by atoms with Gasteiger partial charge in [0.25, 0.3) is 11.8 Å². The predicted octanol–water partition coefficient (Wildman–Crippen LogP) is 3.49. The highest BCUT2D eigenvalue weighted by Gasteiger charge is 2.29. The number of ether oxygens (including phenoxy) is 1. The van der Waals surface area contributed by atoms with E-state index in [4.69, 9.17) is 16.3 Å². The van der Waals surface area contributed by atoms with Gasteiger partial charge in [0.1, 0.15) is 0 Å². The molecule has 0 radical (unpaired) electrons. The summed E-state index contributed by atoms with van der Waals surface area (Å²) >= 11 is 6.28. The third-order valence-corrected chi connectivity index (χ3v) is 8.49. The Balaban J connectivity index is 1.57. The Hall–Kier alpha value is -2.46. The number of amides is 2. The normalized spacial score (nSPS) is 18.0. The van der Waals surface area contributed by atoms with E-state index in [0.29, 0.717) is 56.6 Å². The zero-order chi connectivity index (χ0) is 24.3. The van der Waals surface area contributed by atoms with E-state index >= 15 is 0 Å². The number of nitrogens with one attached hydrogen (secondary N) is 1. The van der Waals surface area contributed by atoms with Gasteiger partial charge in [0, 0.05) is 26.2 Å². The Morgan fingerprint density at radius 2 is 1.68 bits per heavy atom. The molecule has 10 heteroatoms. The van der Waals surface area contributed by atoms with Gasteiger partial charge in [-0.15, -0.1) is 0 Å². The standard InChI is InChI=1S/C24H28ClN3O5S/c1-17-8-10-28(11-9-17)34(31,32)18-6-7-21(25)20(16-18)23(29)26-22-5-3-2-4-19(22)24(30)27-12-14-33-15-13-27/h2-7,16-17H,8-15H2,1H3,(H,26,29). The van der Waals surface area contributed by atoms with Crippen molar-refractivity contribution in [1.29, 1.82) is 0 Å². The number of carbonyl (C=O) groups excluding carboxylic acids is 2. The molecule has 0 spiro atoms. The fourth-order valence-corrected chi connectivity index (χ4v) is 5.82. The fourth-order valence-electron chi connectivity index (χ4n) is 4.12. The van der Waals surface area contributed by atoms with Crippen LogP contribution in [0, 0.1) is 5.92 Å². The predicted molar refractivity (Wildman–Crippen MR) is 130 cm³/mol. The molecule has 2 fully saturated rings. The Labute approximate surface area is 204 Å². The molecule has 2 aromatic carbocycles. The second-order valence-electron chi connectivity index (χ2n) is 8.63. The zero-order valence-corrected chi connectivity index (χ0v) is 20.6. The van der Waals surface area contributed by atoms with E-state index in [2.05, 4.69) is 12.2 Å². The molecule has 2 aliphatic rings. The SMILES string of the molecule is CC1CCN(S(=O)(=O)c2ccc(Cl)c(C(=O)Nc3ccccc3C(=O)N3CCOCC3)c2)CC1. The number of halogens is 1. The molecule has 2 aromatic rings. The number of morpholine rings is 1.